The first-order valence-electron chi connectivity index (χ1n) is 13.0. The fourth-order valence-electron chi connectivity index (χ4n) is 6.52. The number of morpholine rings is 1. The quantitative estimate of drug-likeness (QED) is 0.443. The average Bonchev–Trinajstić information content (AvgIpc) is 3.18. The monoisotopic (exact) mass is 498 g/mol. The fourth-order valence-corrected chi connectivity index (χ4v) is 7.36. The molecule has 2 bridgehead atoms. The van der Waals surface area contributed by atoms with E-state index in [0.29, 0.717) is 28.5 Å². The second kappa shape index (κ2) is 9.87. The second-order valence-corrected chi connectivity index (χ2v) is 12.1. The Morgan fingerprint density at radius 1 is 1.20 bits per heavy atom. The molecule has 3 aliphatic rings. The minimum absolute atomic E-state index is 0.0251. The van der Waals surface area contributed by atoms with Gasteiger partial charge in [-0.3, -0.25) is 19.1 Å². The smallest absolute Gasteiger partial charge is 0.262 e. The number of amides is 1. The maximum absolute atomic E-state index is 13.3. The summed E-state index contributed by atoms with van der Waals surface area (Å²) in [5.74, 6) is 0.988. The molecule has 2 aromatic rings. The van der Waals surface area contributed by atoms with Crippen LogP contribution in [0.25, 0.3) is 10.9 Å². The Kier molecular flexibility index (Phi) is 6.98. The molecule has 1 amide bonds. The highest BCUT2D eigenvalue weighted by Gasteiger charge is 2.61. The molecule has 8 heteroatoms. The molecule has 1 saturated heterocycles. The first kappa shape index (κ1) is 24.8. The number of nitrogens with one attached hydrogen (secondary N) is 1. The lowest BCUT2D eigenvalue weighted by Gasteiger charge is -2.39. The molecular weight excluding hydrogens is 460 g/mol. The Morgan fingerprint density at radius 3 is 2.69 bits per heavy atom. The molecule has 3 fully saturated rings. The summed E-state index contributed by atoms with van der Waals surface area (Å²) in [7, 11) is 0. The number of para-hydroxylation sites is 1. The summed E-state index contributed by atoms with van der Waals surface area (Å²) >= 11 is 1.38. The third-order valence-electron chi connectivity index (χ3n) is 9.25. The summed E-state index contributed by atoms with van der Waals surface area (Å²) in [6.07, 6.45) is 4.37. The molecule has 1 aromatic carbocycles. The Bertz CT molecular complexity index is 1140. The Labute approximate surface area is 212 Å². The molecule has 0 radical (unpaired) electrons. The molecule has 0 spiro atoms. The maximum atomic E-state index is 13.3. The number of aromatic nitrogens is 2. The summed E-state index contributed by atoms with van der Waals surface area (Å²) in [5, 5.41) is 4.60. The largest absolute Gasteiger partial charge is 0.379 e. The van der Waals surface area contributed by atoms with Gasteiger partial charge in [0, 0.05) is 32.2 Å². The molecule has 5 rings (SSSR count). The number of thioether (sulfide) groups is 1. The highest BCUT2D eigenvalue weighted by molar-refractivity contribution is 7.99. The zero-order chi connectivity index (χ0) is 24.6. The van der Waals surface area contributed by atoms with Crippen molar-refractivity contribution in [3.8, 4) is 0 Å². The third kappa shape index (κ3) is 4.65. The molecule has 1 aromatic heterocycles. The molecule has 7 nitrogen and oxygen atoms in total. The van der Waals surface area contributed by atoms with Crippen molar-refractivity contribution in [3.05, 3.63) is 34.6 Å². The highest BCUT2D eigenvalue weighted by Crippen LogP contribution is 2.65. The van der Waals surface area contributed by atoms with Crippen LogP contribution >= 0.6 is 11.8 Å². The van der Waals surface area contributed by atoms with Crippen molar-refractivity contribution in [1.29, 1.82) is 0 Å². The predicted molar refractivity (Wildman–Crippen MR) is 140 cm³/mol. The lowest BCUT2D eigenvalue weighted by Crippen LogP contribution is -2.47. The lowest BCUT2D eigenvalue weighted by molar-refractivity contribution is -0.120. The molecule has 1 aliphatic heterocycles. The van der Waals surface area contributed by atoms with E-state index in [2.05, 4.69) is 31.0 Å². The van der Waals surface area contributed by atoms with Gasteiger partial charge in [0.15, 0.2) is 5.16 Å². The van der Waals surface area contributed by atoms with Crippen LogP contribution < -0.4 is 10.9 Å². The van der Waals surface area contributed by atoms with Gasteiger partial charge in [-0.2, -0.15) is 0 Å². The van der Waals surface area contributed by atoms with Gasteiger partial charge < -0.3 is 10.1 Å². The highest BCUT2D eigenvalue weighted by atomic mass is 32.2. The topological polar surface area (TPSA) is 76.5 Å². The Morgan fingerprint density at radius 2 is 1.97 bits per heavy atom. The van der Waals surface area contributed by atoms with Crippen molar-refractivity contribution < 1.29 is 9.53 Å². The number of hydrogen-bond acceptors (Lipinski definition) is 6. The van der Waals surface area contributed by atoms with Crippen LogP contribution in [-0.2, 0) is 16.1 Å². The third-order valence-corrected chi connectivity index (χ3v) is 10.2. The van der Waals surface area contributed by atoms with Gasteiger partial charge in [0.25, 0.3) is 5.56 Å². The van der Waals surface area contributed by atoms with E-state index in [1.807, 2.05) is 24.3 Å². The number of nitrogens with zero attached hydrogens (tertiary/aromatic N) is 3. The van der Waals surface area contributed by atoms with E-state index in [0.717, 1.165) is 45.7 Å². The average molecular weight is 499 g/mol. The molecule has 1 N–H and O–H groups in total. The van der Waals surface area contributed by atoms with Crippen LogP contribution in [0, 0.1) is 16.7 Å². The van der Waals surface area contributed by atoms with E-state index >= 15 is 0 Å². The number of ether oxygens (including phenoxy) is 1. The van der Waals surface area contributed by atoms with Crippen molar-refractivity contribution in [2.75, 3.05) is 38.6 Å². The van der Waals surface area contributed by atoms with Gasteiger partial charge in [-0.05, 0) is 54.6 Å². The van der Waals surface area contributed by atoms with Crippen LogP contribution in [0.4, 0.5) is 0 Å². The first-order valence-corrected chi connectivity index (χ1v) is 14.0. The summed E-state index contributed by atoms with van der Waals surface area (Å²) in [5.41, 5.74) is 1.08. The van der Waals surface area contributed by atoms with Gasteiger partial charge in [-0.1, -0.05) is 44.7 Å². The number of hydrogen-bond donors (Lipinski definition) is 1. The number of fused-ring (bicyclic) bond motifs is 3. The molecule has 3 unspecified atom stereocenters. The molecular formula is C27H38N4O3S. The van der Waals surface area contributed by atoms with E-state index in [1.165, 1.54) is 24.6 Å². The van der Waals surface area contributed by atoms with E-state index in [-0.39, 0.29) is 34.1 Å². The zero-order valence-electron chi connectivity index (χ0n) is 21.2. The normalized spacial score (nSPS) is 28.0. The van der Waals surface area contributed by atoms with E-state index < -0.39 is 0 Å². The van der Waals surface area contributed by atoms with Crippen LogP contribution in [0.15, 0.2) is 34.2 Å². The van der Waals surface area contributed by atoms with Gasteiger partial charge in [0.05, 0.1) is 29.9 Å². The number of rotatable bonds is 8. The summed E-state index contributed by atoms with van der Waals surface area (Å²) < 4.78 is 7.20. The van der Waals surface area contributed by atoms with Crippen LogP contribution in [-0.4, -0.2) is 65.0 Å². The number of carbonyl (C=O) groups is 1. The Balaban J connectivity index is 1.27. The predicted octanol–water partition coefficient (Wildman–Crippen LogP) is 3.54. The van der Waals surface area contributed by atoms with E-state index in [9.17, 15) is 9.59 Å². The van der Waals surface area contributed by atoms with E-state index in [1.54, 1.807) is 4.57 Å². The molecule has 35 heavy (non-hydrogen) atoms. The lowest BCUT2D eigenvalue weighted by atomic mass is 9.69. The van der Waals surface area contributed by atoms with Crippen molar-refractivity contribution in [3.63, 3.8) is 0 Å². The molecule has 2 saturated carbocycles. The van der Waals surface area contributed by atoms with Gasteiger partial charge in [0.1, 0.15) is 0 Å². The summed E-state index contributed by atoms with van der Waals surface area (Å²) in [6, 6.07) is 7.71. The molecule has 3 atom stereocenters. The standard InChI is InChI=1S/C27H38N4O3S/c1-26(2)19-9-10-27(26,3)22(17-19)29-23(32)18-35-25-28-21-8-5-4-7-20(21)24(33)31(25)12-6-11-30-13-15-34-16-14-30/h4-5,7-8,19,22H,6,9-18H2,1-3H3,(H,29,32). The van der Waals surface area contributed by atoms with Crippen molar-refractivity contribution in [2.45, 2.75) is 64.2 Å². The van der Waals surface area contributed by atoms with Crippen molar-refractivity contribution >= 4 is 28.6 Å². The number of benzene rings is 1. The summed E-state index contributed by atoms with van der Waals surface area (Å²) in [6.45, 7) is 12.0. The van der Waals surface area contributed by atoms with Gasteiger partial charge in [0.2, 0.25) is 5.91 Å². The fraction of sp³-hybridized carbons (Fsp3) is 0.667. The maximum Gasteiger partial charge on any atom is 0.262 e. The van der Waals surface area contributed by atoms with Crippen LogP contribution in [0.5, 0.6) is 0 Å². The van der Waals surface area contributed by atoms with Crippen LogP contribution in [0.3, 0.4) is 0 Å². The van der Waals surface area contributed by atoms with Gasteiger partial charge in [-0.25, -0.2) is 4.98 Å². The SMILES string of the molecule is CC1(C)C2CCC1(C)C(NC(=O)CSc1nc3ccccc3c(=O)n1CCCN1CCOCC1)C2. The minimum Gasteiger partial charge on any atom is -0.379 e. The Hall–Kier alpha value is -1.90. The van der Waals surface area contributed by atoms with Crippen molar-refractivity contribution in [2.24, 2.45) is 16.7 Å². The van der Waals surface area contributed by atoms with Crippen LogP contribution in [0.2, 0.25) is 0 Å². The molecule has 190 valence electrons. The second-order valence-electron chi connectivity index (χ2n) is 11.2. The first-order chi connectivity index (χ1) is 16.8. The summed E-state index contributed by atoms with van der Waals surface area (Å²) in [4.78, 5) is 33.5. The molecule has 2 heterocycles. The van der Waals surface area contributed by atoms with E-state index in [4.69, 9.17) is 9.72 Å². The minimum atomic E-state index is -0.0251. The number of carbonyl (C=O) groups excluding carboxylic acids is 1. The molecule has 2 aliphatic carbocycles. The van der Waals surface area contributed by atoms with Crippen LogP contribution in [0.1, 0.15) is 46.5 Å². The van der Waals surface area contributed by atoms with Gasteiger partial charge in [-0.15, -0.1) is 0 Å². The van der Waals surface area contributed by atoms with Gasteiger partial charge >= 0.3 is 0 Å². The van der Waals surface area contributed by atoms with Crippen molar-refractivity contribution in [1.82, 2.24) is 19.8 Å². The zero-order valence-corrected chi connectivity index (χ0v) is 22.0.